The van der Waals surface area contributed by atoms with E-state index in [1.165, 1.54) is 0 Å². The number of carbonyl (C=O) groups is 1. The maximum atomic E-state index is 13.1. The summed E-state index contributed by atoms with van der Waals surface area (Å²) < 4.78 is 0. The number of aryl methyl sites for hydroxylation is 1. The highest BCUT2D eigenvalue weighted by Gasteiger charge is 2.50. The Balaban J connectivity index is 3.00. The minimum Gasteiger partial charge on any atom is -0.373 e. The van der Waals surface area contributed by atoms with Crippen LogP contribution in [-0.4, -0.2) is 18.7 Å². The molecule has 134 valence electrons. The number of amides is 1. The van der Waals surface area contributed by atoms with Gasteiger partial charge in [-0.05, 0) is 57.4 Å². The lowest BCUT2D eigenvalue weighted by atomic mass is 9.73. The molecule has 0 spiro atoms. The molecule has 0 saturated heterocycles. The largest absolute Gasteiger partial charge is 0.373 e. The quantitative estimate of drug-likeness (QED) is 0.555. The van der Waals surface area contributed by atoms with Gasteiger partial charge in [-0.15, -0.1) is 0 Å². The number of carbonyl (C=O) groups excluding carboxylic acids is 1. The molecule has 2 nitrogen and oxygen atoms in total. The van der Waals surface area contributed by atoms with Crippen molar-refractivity contribution in [1.82, 2.24) is 4.81 Å². The Hall–Kier alpha value is -2.55. The maximum Gasteiger partial charge on any atom is 0.242 e. The monoisotopic (exact) mass is 345 g/mol. The van der Waals surface area contributed by atoms with Crippen molar-refractivity contribution in [2.24, 2.45) is 0 Å². The molecule has 0 aromatic heterocycles. The molecule has 26 heavy (non-hydrogen) atoms. The predicted molar refractivity (Wildman–Crippen MR) is 114 cm³/mol. The Morgan fingerprint density at radius 2 is 1.69 bits per heavy atom. The summed E-state index contributed by atoms with van der Waals surface area (Å²) in [5, 5.41) is 0. The van der Waals surface area contributed by atoms with Crippen LogP contribution < -0.4 is 0 Å². The molecule has 1 aliphatic rings. The molecular formula is C23H28BNO. The van der Waals surface area contributed by atoms with Crippen LogP contribution in [0.25, 0.3) is 0 Å². The number of rotatable bonds is 5. The minimum absolute atomic E-state index is 0.0553. The van der Waals surface area contributed by atoms with Crippen LogP contribution in [-0.2, 0) is 5.54 Å². The highest BCUT2D eigenvalue weighted by molar-refractivity contribution is 6.22. The highest BCUT2D eigenvalue weighted by Crippen LogP contribution is 2.49. The van der Waals surface area contributed by atoms with Crippen LogP contribution in [0.15, 0.2) is 78.0 Å². The van der Waals surface area contributed by atoms with Crippen molar-refractivity contribution >= 4 is 13.9 Å². The maximum absolute atomic E-state index is 13.1. The lowest BCUT2D eigenvalue weighted by molar-refractivity contribution is 0.0832. The fourth-order valence-corrected chi connectivity index (χ4v) is 3.80. The van der Waals surface area contributed by atoms with E-state index < -0.39 is 5.54 Å². The SMILES string of the molecule is BN1C(=O)c2ccc(C)cc2C1(C(/C=C\C)=C/C)C(/C=C\C)=C/C=C\C. The van der Waals surface area contributed by atoms with Crippen LogP contribution in [0.2, 0.25) is 0 Å². The van der Waals surface area contributed by atoms with E-state index in [-0.39, 0.29) is 5.91 Å². The van der Waals surface area contributed by atoms with Crippen LogP contribution in [0.4, 0.5) is 0 Å². The van der Waals surface area contributed by atoms with Gasteiger partial charge in [-0.25, -0.2) is 0 Å². The summed E-state index contributed by atoms with van der Waals surface area (Å²) in [7, 11) is 1.90. The van der Waals surface area contributed by atoms with Gasteiger partial charge in [0.1, 0.15) is 5.54 Å². The zero-order valence-corrected chi connectivity index (χ0v) is 16.7. The molecule has 1 aromatic rings. The zero-order valence-electron chi connectivity index (χ0n) is 16.7. The second-order valence-electron chi connectivity index (χ2n) is 6.52. The van der Waals surface area contributed by atoms with Gasteiger partial charge in [0, 0.05) is 5.56 Å². The molecule has 0 fully saturated rings. The van der Waals surface area contributed by atoms with E-state index in [2.05, 4.69) is 37.3 Å². The third kappa shape index (κ3) is 3.03. The van der Waals surface area contributed by atoms with Crippen LogP contribution >= 0.6 is 0 Å². The molecule has 0 aliphatic carbocycles. The summed E-state index contributed by atoms with van der Waals surface area (Å²) in [5.74, 6) is 0.0553. The van der Waals surface area contributed by atoms with Gasteiger partial charge in [0.15, 0.2) is 0 Å². The first-order valence-corrected chi connectivity index (χ1v) is 9.13. The first kappa shape index (κ1) is 19.8. The van der Waals surface area contributed by atoms with E-state index in [4.69, 9.17) is 0 Å². The van der Waals surface area contributed by atoms with E-state index in [1.807, 2.05) is 76.9 Å². The molecule has 1 aliphatic heterocycles. The van der Waals surface area contributed by atoms with Crippen LogP contribution in [0, 0.1) is 6.92 Å². The van der Waals surface area contributed by atoms with E-state index in [0.29, 0.717) is 0 Å². The molecule has 3 heteroatoms. The number of hydrogen-bond donors (Lipinski definition) is 0. The molecule has 1 heterocycles. The van der Waals surface area contributed by atoms with Crippen molar-refractivity contribution in [1.29, 1.82) is 0 Å². The van der Waals surface area contributed by atoms with Gasteiger partial charge in [0.05, 0.1) is 0 Å². The minimum atomic E-state index is -0.633. The van der Waals surface area contributed by atoms with E-state index in [1.54, 1.807) is 0 Å². The topological polar surface area (TPSA) is 20.3 Å². The van der Waals surface area contributed by atoms with Crippen molar-refractivity contribution in [3.63, 3.8) is 0 Å². The number of benzene rings is 1. The Kier molecular flexibility index (Phi) is 6.25. The summed E-state index contributed by atoms with van der Waals surface area (Å²) in [5.41, 5.74) is 4.51. The summed E-state index contributed by atoms with van der Waals surface area (Å²) in [6, 6.07) is 6.12. The normalized spacial score (nSPS) is 21.6. The molecule has 1 aromatic carbocycles. The summed E-state index contributed by atoms with van der Waals surface area (Å²) >= 11 is 0. The third-order valence-corrected chi connectivity index (χ3v) is 4.91. The van der Waals surface area contributed by atoms with Crippen LogP contribution in [0.5, 0.6) is 0 Å². The Labute approximate surface area is 158 Å². The molecule has 2 rings (SSSR count). The van der Waals surface area contributed by atoms with Crippen molar-refractivity contribution in [2.75, 3.05) is 0 Å². The van der Waals surface area contributed by atoms with Crippen LogP contribution in [0.3, 0.4) is 0 Å². The fraction of sp³-hybridized carbons (Fsp3) is 0.261. The van der Waals surface area contributed by atoms with Gasteiger partial charge < -0.3 is 4.81 Å². The van der Waals surface area contributed by atoms with Crippen molar-refractivity contribution < 1.29 is 4.79 Å². The second kappa shape index (κ2) is 8.22. The molecule has 0 N–H and O–H groups in total. The van der Waals surface area contributed by atoms with E-state index in [0.717, 1.165) is 27.8 Å². The van der Waals surface area contributed by atoms with Gasteiger partial charge in [0.2, 0.25) is 13.9 Å². The molecule has 1 unspecified atom stereocenters. The lowest BCUT2D eigenvalue weighted by Crippen LogP contribution is -2.44. The smallest absolute Gasteiger partial charge is 0.242 e. The number of nitrogens with zero attached hydrogens (tertiary/aromatic N) is 1. The molecule has 0 radical (unpaired) electrons. The van der Waals surface area contributed by atoms with E-state index >= 15 is 0 Å². The van der Waals surface area contributed by atoms with Gasteiger partial charge in [-0.1, -0.05) is 66.3 Å². The summed E-state index contributed by atoms with van der Waals surface area (Å²) in [4.78, 5) is 15.0. The standard InChI is InChI=1S/C23H28BNO/c1-6-10-13-19(12-8-3)23(18(9-4)11-7-2)21-16-17(5)14-15-20(21)22(26)25(23)24/h6-16H,24H2,1-5H3/b10-6-,11-7-,12-8-,18-9+,19-13+. The highest BCUT2D eigenvalue weighted by atomic mass is 16.2. The van der Waals surface area contributed by atoms with Gasteiger partial charge in [0.25, 0.3) is 0 Å². The Bertz CT molecular complexity index is 842. The molecular weight excluding hydrogens is 317 g/mol. The predicted octanol–water partition coefficient (Wildman–Crippen LogP) is 4.80. The van der Waals surface area contributed by atoms with Gasteiger partial charge in [-0.3, -0.25) is 4.79 Å². The Morgan fingerprint density at radius 1 is 1.04 bits per heavy atom. The number of allylic oxidation sites excluding steroid dienone is 6. The van der Waals surface area contributed by atoms with E-state index in [9.17, 15) is 4.79 Å². The number of hydrogen-bond acceptors (Lipinski definition) is 1. The first-order valence-electron chi connectivity index (χ1n) is 9.13. The van der Waals surface area contributed by atoms with Crippen LogP contribution in [0.1, 0.15) is 49.2 Å². The zero-order chi connectivity index (χ0) is 19.3. The molecule has 0 saturated carbocycles. The molecule has 1 amide bonds. The average molecular weight is 345 g/mol. The summed E-state index contributed by atoms with van der Waals surface area (Å²) in [6.45, 7) is 10.1. The van der Waals surface area contributed by atoms with Crippen molar-refractivity contribution in [2.45, 2.75) is 40.2 Å². The van der Waals surface area contributed by atoms with Gasteiger partial charge in [-0.2, -0.15) is 0 Å². The third-order valence-electron chi connectivity index (χ3n) is 4.91. The van der Waals surface area contributed by atoms with Gasteiger partial charge >= 0.3 is 0 Å². The molecule has 0 bridgehead atoms. The second-order valence-corrected chi connectivity index (χ2v) is 6.52. The average Bonchev–Trinajstić information content (AvgIpc) is 2.85. The first-order chi connectivity index (χ1) is 12.5. The van der Waals surface area contributed by atoms with Crippen molar-refractivity contribution in [3.05, 3.63) is 94.6 Å². The summed E-state index contributed by atoms with van der Waals surface area (Å²) in [6.07, 6.45) is 16.5. The molecule has 1 atom stereocenters. The number of fused-ring (bicyclic) bond motifs is 1. The fourth-order valence-electron chi connectivity index (χ4n) is 3.80. The Morgan fingerprint density at radius 3 is 2.27 bits per heavy atom. The van der Waals surface area contributed by atoms with Crippen molar-refractivity contribution in [3.8, 4) is 0 Å². The lowest BCUT2D eigenvalue weighted by Gasteiger charge is -2.40.